The first-order valence-corrected chi connectivity index (χ1v) is 9.28. The number of pyridine rings is 1. The van der Waals surface area contributed by atoms with E-state index >= 15 is 0 Å². The lowest BCUT2D eigenvalue weighted by Gasteiger charge is -2.07. The number of nitrogens with zero attached hydrogens (tertiary/aromatic N) is 3. The molecular formula is C17H16N4OS2. The van der Waals surface area contributed by atoms with E-state index in [1.165, 1.54) is 11.3 Å². The van der Waals surface area contributed by atoms with Crippen LogP contribution in [0.5, 0.6) is 0 Å². The zero-order valence-corrected chi connectivity index (χ0v) is 14.9. The molecule has 0 bridgehead atoms. The summed E-state index contributed by atoms with van der Waals surface area (Å²) in [4.78, 5) is 17.0. The third kappa shape index (κ3) is 3.80. The Morgan fingerprint density at radius 1 is 1.17 bits per heavy atom. The molecule has 0 saturated carbocycles. The predicted octanol–water partition coefficient (Wildman–Crippen LogP) is 4.27. The zero-order chi connectivity index (χ0) is 16.9. The van der Waals surface area contributed by atoms with E-state index in [-0.39, 0.29) is 5.91 Å². The van der Waals surface area contributed by atoms with Crippen molar-refractivity contribution in [3.63, 3.8) is 0 Å². The molecule has 0 aliphatic heterocycles. The normalized spacial score (nSPS) is 10.6. The molecule has 24 heavy (non-hydrogen) atoms. The van der Waals surface area contributed by atoms with Crippen molar-refractivity contribution in [1.82, 2.24) is 15.2 Å². The molecule has 5 nitrogen and oxygen atoms in total. The highest BCUT2D eigenvalue weighted by molar-refractivity contribution is 8.01. The van der Waals surface area contributed by atoms with E-state index in [0.29, 0.717) is 16.4 Å². The molecule has 0 fully saturated rings. The molecule has 0 saturated heterocycles. The minimum Gasteiger partial charge on any atom is -0.296 e. The van der Waals surface area contributed by atoms with Gasteiger partial charge >= 0.3 is 0 Å². The van der Waals surface area contributed by atoms with Crippen molar-refractivity contribution in [1.29, 1.82) is 0 Å². The summed E-state index contributed by atoms with van der Waals surface area (Å²) >= 11 is 2.98. The van der Waals surface area contributed by atoms with Crippen LogP contribution in [-0.4, -0.2) is 26.8 Å². The average Bonchev–Trinajstić information content (AvgIpc) is 3.03. The summed E-state index contributed by atoms with van der Waals surface area (Å²) in [6.07, 6.45) is 0. The number of hydrogen-bond acceptors (Lipinski definition) is 6. The van der Waals surface area contributed by atoms with Gasteiger partial charge in [-0.05, 0) is 24.8 Å². The van der Waals surface area contributed by atoms with Gasteiger partial charge < -0.3 is 0 Å². The van der Waals surface area contributed by atoms with E-state index in [4.69, 9.17) is 0 Å². The third-order valence-electron chi connectivity index (χ3n) is 3.29. The van der Waals surface area contributed by atoms with E-state index in [9.17, 15) is 4.79 Å². The number of hydrogen-bond donors (Lipinski definition) is 1. The second-order valence-electron chi connectivity index (χ2n) is 4.96. The van der Waals surface area contributed by atoms with Gasteiger partial charge in [0.2, 0.25) is 5.13 Å². The smallest absolute Gasteiger partial charge is 0.259 e. The minimum absolute atomic E-state index is 0.219. The molecule has 1 amide bonds. The molecule has 0 aliphatic rings. The van der Waals surface area contributed by atoms with Crippen LogP contribution < -0.4 is 5.32 Å². The monoisotopic (exact) mass is 356 g/mol. The summed E-state index contributed by atoms with van der Waals surface area (Å²) in [6, 6.07) is 13.5. The van der Waals surface area contributed by atoms with Gasteiger partial charge in [0.1, 0.15) is 0 Å². The van der Waals surface area contributed by atoms with Gasteiger partial charge in [-0.3, -0.25) is 15.1 Å². The van der Waals surface area contributed by atoms with Crippen LogP contribution in [0.15, 0.2) is 46.8 Å². The molecule has 3 aromatic rings. The number of thioether (sulfide) groups is 1. The highest BCUT2D eigenvalue weighted by Gasteiger charge is 2.14. The van der Waals surface area contributed by atoms with Crippen molar-refractivity contribution >= 4 is 34.1 Å². The average molecular weight is 356 g/mol. The topological polar surface area (TPSA) is 67.8 Å². The highest BCUT2D eigenvalue weighted by Crippen LogP contribution is 2.26. The van der Waals surface area contributed by atoms with Crippen LogP contribution >= 0.6 is 23.1 Å². The Morgan fingerprint density at radius 3 is 2.67 bits per heavy atom. The summed E-state index contributed by atoms with van der Waals surface area (Å²) in [7, 11) is 0. The molecule has 122 valence electrons. The van der Waals surface area contributed by atoms with Gasteiger partial charge in [-0.25, -0.2) is 0 Å². The zero-order valence-electron chi connectivity index (χ0n) is 13.3. The van der Waals surface area contributed by atoms with Crippen LogP contribution in [0.4, 0.5) is 5.13 Å². The fraction of sp³-hybridized carbons (Fsp3) is 0.176. The van der Waals surface area contributed by atoms with Gasteiger partial charge in [0.05, 0.1) is 17.0 Å². The van der Waals surface area contributed by atoms with Crippen LogP contribution in [0.25, 0.3) is 11.3 Å². The third-order valence-corrected chi connectivity index (χ3v) is 5.15. The van der Waals surface area contributed by atoms with E-state index in [2.05, 4.69) is 20.5 Å². The van der Waals surface area contributed by atoms with Crippen molar-refractivity contribution in [2.45, 2.75) is 18.2 Å². The first-order chi connectivity index (χ1) is 11.7. The van der Waals surface area contributed by atoms with Crippen molar-refractivity contribution in [2.24, 2.45) is 0 Å². The molecule has 1 aromatic carbocycles. The Hall–Kier alpha value is -2.25. The summed E-state index contributed by atoms with van der Waals surface area (Å²) in [5.41, 5.74) is 3.09. The van der Waals surface area contributed by atoms with Crippen LogP contribution in [0.2, 0.25) is 0 Å². The maximum absolute atomic E-state index is 12.4. The summed E-state index contributed by atoms with van der Waals surface area (Å²) in [5.74, 6) is 0.704. The molecule has 0 spiro atoms. The molecule has 2 heterocycles. The number of carbonyl (C=O) groups excluding carboxylic acids is 1. The Labute approximate surface area is 148 Å². The van der Waals surface area contributed by atoms with Crippen LogP contribution in [0, 0.1) is 6.92 Å². The molecule has 7 heteroatoms. The number of rotatable bonds is 5. The number of amides is 1. The maximum atomic E-state index is 12.4. The number of carbonyl (C=O) groups is 1. The summed E-state index contributed by atoms with van der Waals surface area (Å²) in [5, 5.41) is 11.3. The SMILES string of the molecule is CCSc1nnc(NC(=O)c2ccc(-c3ccccc3)nc2C)s1. The highest BCUT2D eigenvalue weighted by atomic mass is 32.2. The lowest BCUT2D eigenvalue weighted by molar-refractivity contribution is 0.102. The van der Waals surface area contributed by atoms with Crippen LogP contribution in [0.3, 0.4) is 0 Å². The molecule has 0 aliphatic carbocycles. The lowest BCUT2D eigenvalue weighted by Crippen LogP contribution is -2.14. The maximum Gasteiger partial charge on any atom is 0.259 e. The molecule has 1 N–H and O–H groups in total. The van der Waals surface area contributed by atoms with Crippen molar-refractivity contribution < 1.29 is 4.79 Å². The van der Waals surface area contributed by atoms with Gasteiger partial charge in [-0.15, -0.1) is 10.2 Å². The van der Waals surface area contributed by atoms with Crippen LogP contribution in [-0.2, 0) is 0 Å². The number of benzene rings is 1. The van der Waals surface area contributed by atoms with Gasteiger partial charge in [0.25, 0.3) is 5.91 Å². The quantitative estimate of drug-likeness (QED) is 0.546. The van der Waals surface area contributed by atoms with Crippen molar-refractivity contribution in [3.05, 3.63) is 53.7 Å². The molecule has 0 radical (unpaired) electrons. The van der Waals surface area contributed by atoms with Gasteiger partial charge in [-0.2, -0.15) is 0 Å². The lowest BCUT2D eigenvalue weighted by atomic mass is 10.1. The van der Waals surface area contributed by atoms with E-state index < -0.39 is 0 Å². The molecule has 2 aromatic heterocycles. The first kappa shape index (κ1) is 16.6. The second kappa shape index (κ2) is 7.55. The Morgan fingerprint density at radius 2 is 1.96 bits per heavy atom. The van der Waals surface area contributed by atoms with E-state index in [1.54, 1.807) is 17.8 Å². The first-order valence-electron chi connectivity index (χ1n) is 7.48. The molecule has 0 unspecified atom stereocenters. The Balaban J connectivity index is 1.77. The number of anilines is 1. The van der Waals surface area contributed by atoms with E-state index in [1.807, 2.05) is 50.2 Å². The van der Waals surface area contributed by atoms with Gasteiger partial charge in [0, 0.05) is 5.56 Å². The Bertz CT molecular complexity index is 849. The largest absolute Gasteiger partial charge is 0.296 e. The van der Waals surface area contributed by atoms with Crippen LogP contribution in [0.1, 0.15) is 23.0 Å². The van der Waals surface area contributed by atoms with Gasteiger partial charge in [-0.1, -0.05) is 60.4 Å². The molecule has 0 atom stereocenters. The fourth-order valence-corrected chi connectivity index (χ4v) is 3.82. The summed E-state index contributed by atoms with van der Waals surface area (Å²) in [6.45, 7) is 3.88. The van der Waals surface area contributed by atoms with Gasteiger partial charge in [0.15, 0.2) is 4.34 Å². The molecule has 3 rings (SSSR count). The predicted molar refractivity (Wildman–Crippen MR) is 98.7 cm³/mol. The standard InChI is InChI=1S/C17H16N4OS2/c1-3-23-17-21-20-16(24-17)19-15(22)13-9-10-14(18-11(13)2)12-7-5-4-6-8-12/h4-10H,3H2,1-2H3,(H,19,20,22). The van der Waals surface area contributed by atoms with Crippen molar-refractivity contribution in [3.8, 4) is 11.3 Å². The van der Waals surface area contributed by atoms with E-state index in [0.717, 1.165) is 21.3 Å². The number of nitrogens with one attached hydrogen (secondary N) is 1. The fourth-order valence-electron chi connectivity index (χ4n) is 2.18. The second-order valence-corrected chi connectivity index (χ2v) is 7.44. The Kier molecular flexibility index (Phi) is 5.22. The summed E-state index contributed by atoms with van der Waals surface area (Å²) < 4.78 is 0.849. The van der Waals surface area contributed by atoms with Crippen molar-refractivity contribution in [2.75, 3.05) is 11.1 Å². The molecular weight excluding hydrogens is 340 g/mol. The number of aryl methyl sites for hydroxylation is 1. The number of aromatic nitrogens is 3. The minimum atomic E-state index is -0.219.